The highest BCUT2D eigenvalue weighted by atomic mass is 16.7. The third-order valence-corrected chi connectivity index (χ3v) is 8.66. The van der Waals surface area contributed by atoms with Gasteiger partial charge in [0.25, 0.3) is 0 Å². The van der Waals surface area contributed by atoms with Crippen molar-refractivity contribution in [2.24, 2.45) is 0 Å². The SMILES string of the molecule is CCCCCCCCCCCCN1C(C)(c2ccccc2)COB(O)OCC1(C)c1ccccc1.[B]1OCCNCCO1. The summed E-state index contributed by atoms with van der Waals surface area (Å²) in [5, 5.41) is 13.5. The molecule has 9 heteroatoms. The first-order valence-electron chi connectivity index (χ1n) is 16.6. The van der Waals surface area contributed by atoms with E-state index in [1.165, 1.54) is 76.6 Å². The molecule has 2 aliphatic heterocycles. The van der Waals surface area contributed by atoms with E-state index in [4.69, 9.17) is 18.6 Å². The van der Waals surface area contributed by atoms with Gasteiger partial charge in [0.1, 0.15) is 0 Å². The van der Waals surface area contributed by atoms with Crippen LogP contribution >= 0.6 is 0 Å². The quantitative estimate of drug-likeness (QED) is 0.211. The van der Waals surface area contributed by atoms with Crippen LogP contribution in [0.1, 0.15) is 96.1 Å². The minimum Gasteiger partial charge on any atom is -0.412 e. The molecule has 0 spiro atoms. The van der Waals surface area contributed by atoms with E-state index in [-0.39, 0.29) is 0 Å². The van der Waals surface area contributed by atoms with Crippen LogP contribution in [0.5, 0.6) is 0 Å². The number of hydrogen-bond acceptors (Lipinski definition) is 7. The molecule has 2 aromatic carbocycles. The monoisotopic (exact) mass is 593 g/mol. The lowest BCUT2D eigenvalue weighted by atomic mass is 9.80. The van der Waals surface area contributed by atoms with E-state index in [1.807, 2.05) is 0 Å². The maximum atomic E-state index is 10.4. The Hall–Kier alpha value is -1.71. The van der Waals surface area contributed by atoms with Crippen LogP contribution in [0.15, 0.2) is 60.7 Å². The van der Waals surface area contributed by atoms with Crippen molar-refractivity contribution < 1.29 is 23.6 Å². The van der Waals surface area contributed by atoms with E-state index < -0.39 is 18.4 Å². The van der Waals surface area contributed by atoms with Gasteiger partial charge < -0.3 is 29.0 Å². The summed E-state index contributed by atoms with van der Waals surface area (Å²) in [6.07, 6.45) is 13.2. The van der Waals surface area contributed by atoms with Crippen LogP contribution in [0.4, 0.5) is 0 Å². The standard InChI is InChI=1S/C30H46BNO3.C4H9BNO2/c1-4-5-6-7-8-9-10-11-12-19-24-32-29(2,27-20-15-13-16-21-27)25-34-31(33)35-26-30(32,3)28-22-17-14-18-23-28;1-3-7-5-8-4-2-6-1/h13-18,20-23,33H,4-12,19,24-26H2,1-3H3;6H,1-4H2. The van der Waals surface area contributed by atoms with Crippen molar-refractivity contribution in [1.29, 1.82) is 0 Å². The molecule has 0 amide bonds. The second kappa shape index (κ2) is 20.3. The minimum absolute atomic E-state index is 0.359. The summed E-state index contributed by atoms with van der Waals surface area (Å²) in [5.41, 5.74) is 1.58. The molecule has 1 radical (unpaired) electrons. The van der Waals surface area contributed by atoms with Gasteiger partial charge in [0.05, 0.1) is 24.3 Å². The van der Waals surface area contributed by atoms with Crippen molar-refractivity contribution in [1.82, 2.24) is 10.2 Å². The molecule has 2 heterocycles. The molecule has 2 atom stereocenters. The average Bonchev–Trinajstić information content (AvgIpc) is 3.02. The fraction of sp³-hybridized carbons (Fsp3) is 0.647. The smallest absolute Gasteiger partial charge is 0.412 e. The minimum atomic E-state index is -1.22. The molecule has 43 heavy (non-hydrogen) atoms. The number of rotatable bonds is 13. The highest BCUT2D eigenvalue weighted by Gasteiger charge is 2.48. The van der Waals surface area contributed by atoms with E-state index in [0.717, 1.165) is 26.1 Å². The molecule has 4 rings (SSSR count). The van der Waals surface area contributed by atoms with Crippen molar-refractivity contribution >= 4 is 15.0 Å². The van der Waals surface area contributed by atoms with Gasteiger partial charge in [0, 0.05) is 32.8 Å². The van der Waals surface area contributed by atoms with Crippen molar-refractivity contribution in [3.8, 4) is 0 Å². The number of hydrogen-bond donors (Lipinski definition) is 2. The first kappa shape index (κ1) is 35.8. The predicted octanol–water partition coefficient (Wildman–Crippen LogP) is 6.22. The fourth-order valence-electron chi connectivity index (χ4n) is 6.07. The molecule has 0 saturated carbocycles. The molecular formula is C34H55B2N2O5. The van der Waals surface area contributed by atoms with Crippen LogP contribution < -0.4 is 5.32 Å². The maximum Gasteiger partial charge on any atom is 0.636 e. The summed E-state index contributed by atoms with van der Waals surface area (Å²) < 4.78 is 21.3. The second-order valence-electron chi connectivity index (χ2n) is 12.1. The van der Waals surface area contributed by atoms with Crippen molar-refractivity contribution in [3.63, 3.8) is 0 Å². The van der Waals surface area contributed by atoms with E-state index in [2.05, 4.69) is 91.7 Å². The molecule has 2 saturated heterocycles. The van der Waals surface area contributed by atoms with Crippen LogP contribution in [-0.2, 0) is 29.7 Å². The zero-order valence-electron chi connectivity index (χ0n) is 27.0. The number of nitrogens with one attached hydrogen (secondary N) is 1. The maximum absolute atomic E-state index is 10.4. The molecule has 2 fully saturated rings. The molecule has 7 nitrogen and oxygen atoms in total. The van der Waals surface area contributed by atoms with Crippen LogP contribution in [-0.4, -0.2) is 71.0 Å². The van der Waals surface area contributed by atoms with Gasteiger partial charge in [0.15, 0.2) is 0 Å². The first-order valence-corrected chi connectivity index (χ1v) is 16.6. The van der Waals surface area contributed by atoms with Gasteiger partial charge in [-0.25, -0.2) is 0 Å². The Morgan fingerprint density at radius 1 is 0.721 bits per heavy atom. The van der Waals surface area contributed by atoms with Crippen molar-refractivity contribution in [2.45, 2.75) is 96.1 Å². The lowest BCUT2D eigenvalue weighted by Gasteiger charge is -2.53. The largest absolute Gasteiger partial charge is 0.636 e. The first-order chi connectivity index (χ1) is 21.0. The Morgan fingerprint density at radius 2 is 1.16 bits per heavy atom. The molecule has 2 N–H and O–H groups in total. The lowest BCUT2D eigenvalue weighted by molar-refractivity contribution is -0.0941. The number of unbranched alkanes of at least 4 members (excludes halogenated alkanes) is 9. The molecule has 237 valence electrons. The summed E-state index contributed by atoms with van der Waals surface area (Å²) in [4.78, 5) is 2.57. The normalized spacial score (nSPS) is 23.6. The Morgan fingerprint density at radius 3 is 1.63 bits per heavy atom. The van der Waals surface area contributed by atoms with Crippen LogP contribution in [0, 0.1) is 0 Å². The highest BCUT2D eigenvalue weighted by molar-refractivity contribution is 6.34. The topological polar surface area (TPSA) is 72.4 Å². The van der Waals surface area contributed by atoms with Crippen LogP contribution in [0.25, 0.3) is 0 Å². The zero-order valence-corrected chi connectivity index (χ0v) is 27.0. The van der Waals surface area contributed by atoms with Crippen LogP contribution in [0.3, 0.4) is 0 Å². The second-order valence-corrected chi connectivity index (χ2v) is 12.1. The van der Waals surface area contributed by atoms with E-state index in [1.54, 1.807) is 0 Å². The Bertz CT molecular complexity index is 894. The number of benzene rings is 2. The molecule has 2 unspecified atom stereocenters. The average molecular weight is 593 g/mol. The van der Waals surface area contributed by atoms with Gasteiger partial charge in [-0.1, -0.05) is 125 Å². The van der Waals surface area contributed by atoms with Gasteiger partial charge in [-0.3, -0.25) is 4.90 Å². The van der Waals surface area contributed by atoms with Crippen LogP contribution in [0.2, 0.25) is 0 Å². The fourth-order valence-corrected chi connectivity index (χ4v) is 6.07. The molecule has 2 aromatic rings. The van der Waals surface area contributed by atoms with Gasteiger partial charge in [-0.2, -0.15) is 0 Å². The van der Waals surface area contributed by atoms with E-state index in [9.17, 15) is 5.02 Å². The summed E-state index contributed by atoms with van der Waals surface area (Å²) in [7, 11) is 0.182. The third kappa shape index (κ3) is 12.0. The summed E-state index contributed by atoms with van der Waals surface area (Å²) in [5.74, 6) is 0. The zero-order chi connectivity index (χ0) is 30.6. The number of nitrogens with zero attached hydrogens (tertiary/aromatic N) is 1. The molecular weight excluding hydrogens is 538 g/mol. The van der Waals surface area contributed by atoms with Gasteiger partial charge in [-0.15, -0.1) is 0 Å². The van der Waals surface area contributed by atoms with E-state index >= 15 is 0 Å². The molecule has 0 aromatic heterocycles. The van der Waals surface area contributed by atoms with Crippen molar-refractivity contribution in [3.05, 3.63) is 71.8 Å². The van der Waals surface area contributed by atoms with Gasteiger partial charge >= 0.3 is 15.0 Å². The Kier molecular flexibility index (Phi) is 16.9. The molecule has 0 bridgehead atoms. The third-order valence-electron chi connectivity index (χ3n) is 8.66. The highest BCUT2D eigenvalue weighted by Crippen LogP contribution is 2.42. The molecule has 2 aliphatic rings. The van der Waals surface area contributed by atoms with Gasteiger partial charge in [0.2, 0.25) is 0 Å². The predicted molar refractivity (Wildman–Crippen MR) is 177 cm³/mol. The summed E-state index contributed by atoms with van der Waals surface area (Å²) in [6, 6.07) is 21.2. The Labute approximate surface area is 262 Å². The summed E-state index contributed by atoms with van der Waals surface area (Å²) >= 11 is 0. The summed E-state index contributed by atoms with van der Waals surface area (Å²) in [6.45, 7) is 11.7. The van der Waals surface area contributed by atoms with Crippen molar-refractivity contribution in [2.75, 3.05) is 46.1 Å². The van der Waals surface area contributed by atoms with Gasteiger partial charge in [-0.05, 0) is 31.4 Å². The lowest BCUT2D eigenvalue weighted by Crippen LogP contribution is -2.61. The van der Waals surface area contributed by atoms with E-state index in [0.29, 0.717) is 26.4 Å². The Balaban J connectivity index is 0.000000546. The molecule has 0 aliphatic carbocycles.